The first-order valence-corrected chi connectivity index (χ1v) is 10.2. The first-order valence-electron chi connectivity index (χ1n) is 9.30. The summed E-state index contributed by atoms with van der Waals surface area (Å²) < 4.78 is 7.07. The first-order chi connectivity index (χ1) is 14.4. The van der Waals surface area contributed by atoms with Gasteiger partial charge < -0.3 is 15.1 Å². The highest BCUT2D eigenvalue weighted by atomic mass is 32.2. The van der Waals surface area contributed by atoms with Crippen LogP contribution in [-0.2, 0) is 6.54 Å². The Bertz CT molecular complexity index is 1240. The summed E-state index contributed by atoms with van der Waals surface area (Å²) in [6, 6.07) is 10.9. The van der Waals surface area contributed by atoms with Crippen LogP contribution >= 0.6 is 11.8 Å². The van der Waals surface area contributed by atoms with Crippen LogP contribution in [0, 0.1) is 0 Å². The van der Waals surface area contributed by atoms with Gasteiger partial charge in [-0.15, -0.1) is 0 Å². The number of nitrogens with zero attached hydrogens (tertiary/aromatic N) is 6. The van der Waals surface area contributed by atoms with Crippen molar-refractivity contribution in [3.05, 3.63) is 64.6 Å². The molecule has 4 rings (SSSR count). The highest BCUT2D eigenvalue weighted by Crippen LogP contribution is 2.33. The second kappa shape index (κ2) is 8.15. The van der Waals surface area contributed by atoms with Crippen molar-refractivity contribution in [2.24, 2.45) is 0 Å². The summed E-state index contributed by atoms with van der Waals surface area (Å²) >= 11 is 1.39. The molecule has 4 aromatic rings. The van der Waals surface area contributed by atoms with Crippen LogP contribution in [-0.4, -0.2) is 38.6 Å². The van der Waals surface area contributed by atoms with E-state index in [1.807, 2.05) is 45.3 Å². The minimum Gasteiger partial charge on any atom is -0.467 e. The molecule has 3 heterocycles. The van der Waals surface area contributed by atoms with E-state index < -0.39 is 0 Å². The number of nitrogens with two attached hydrogens (primary N) is 1. The highest BCUT2D eigenvalue weighted by molar-refractivity contribution is 7.99. The number of para-hydroxylation sites is 1. The maximum absolute atomic E-state index is 13.2. The van der Waals surface area contributed by atoms with Gasteiger partial charge in [-0.05, 0) is 31.2 Å². The van der Waals surface area contributed by atoms with Gasteiger partial charge in [0.15, 0.2) is 5.16 Å². The third-order valence-electron chi connectivity index (χ3n) is 4.42. The molecule has 1 atom stereocenters. The van der Waals surface area contributed by atoms with Gasteiger partial charge in [-0.25, -0.2) is 4.98 Å². The van der Waals surface area contributed by atoms with Crippen LogP contribution in [0.1, 0.15) is 23.8 Å². The summed E-state index contributed by atoms with van der Waals surface area (Å²) in [5.41, 5.74) is 6.37. The molecular weight excluding hydrogens is 402 g/mol. The van der Waals surface area contributed by atoms with Crippen molar-refractivity contribution >= 4 is 34.6 Å². The topological polar surface area (TPSA) is 116 Å². The summed E-state index contributed by atoms with van der Waals surface area (Å²) in [6.45, 7) is 2.22. The normalized spacial score (nSPS) is 12.2. The molecular formula is C20H21N7O2S. The summed E-state index contributed by atoms with van der Waals surface area (Å²) in [7, 11) is 3.67. The Balaban J connectivity index is 1.77. The van der Waals surface area contributed by atoms with E-state index in [4.69, 9.17) is 15.1 Å². The van der Waals surface area contributed by atoms with Crippen molar-refractivity contribution in [1.82, 2.24) is 24.5 Å². The average molecular weight is 424 g/mol. The highest BCUT2D eigenvalue weighted by Gasteiger charge is 2.19. The molecule has 2 N–H and O–H groups in total. The second-order valence-corrected chi connectivity index (χ2v) is 8.20. The maximum Gasteiger partial charge on any atom is 0.262 e. The number of thioether (sulfide) groups is 1. The molecule has 0 saturated carbocycles. The summed E-state index contributed by atoms with van der Waals surface area (Å²) in [4.78, 5) is 32.6. The fourth-order valence-corrected chi connectivity index (χ4v) is 3.88. The third-order valence-corrected chi connectivity index (χ3v) is 5.51. The van der Waals surface area contributed by atoms with Crippen LogP contribution in [0.4, 0.5) is 11.9 Å². The Morgan fingerprint density at radius 1 is 1.13 bits per heavy atom. The molecule has 0 saturated heterocycles. The van der Waals surface area contributed by atoms with Crippen LogP contribution in [0.3, 0.4) is 0 Å². The number of hydrogen-bond acceptors (Lipinski definition) is 9. The van der Waals surface area contributed by atoms with E-state index in [0.29, 0.717) is 33.6 Å². The summed E-state index contributed by atoms with van der Waals surface area (Å²) in [6.07, 6.45) is 1.58. The lowest BCUT2D eigenvalue weighted by atomic mass is 10.2. The van der Waals surface area contributed by atoms with Crippen LogP contribution in [0.25, 0.3) is 10.9 Å². The van der Waals surface area contributed by atoms with Crippen LogP contribution in [0.15, 0.2) is 57.0 Å². The van der Waals surface area contributed by atoms with E-state index in [1.54, 1.807) is 27.9 Å². The van der Waals surface area contributed by atoms with E-state index in [2.05, 4.69) is 15.0 Å². The smallest absolute Gasteiger partial charge is 0.262 e. The number of aromatic nitrogens is 5. The Kier molecular flexibility index (Phi) is 5.40. The molecule has 0 amide bonds. The van der Waals surface area contributed by atoms with Gasteiger partial charge in [-0.3, -0.25) is 9.36 Å². The van der Waals surface area contributed by atoms with Crippen molar-refractivity contribution < 1.29 is 4.42 Å². The molecule has 0 aliphatic heterocycles. The van der Waals surface area contributed by atoms with Crippen LogP contribution in [0.2, 0.25) is 0 Å². The minimum absolute atomic E-state index is 0.129. The summed E-state index contributed by atoms with van der Waals surface area (Å²) in [5, 5.41) is 0.887. The molecule has 30 heavy (non-hydrogen) atoms. The van der Waals surface area contributed by atoms with Gasteiger partial charge in [-0.1, -0.05) is 23.9 Å². The molecule has 0 aliphatic rings. The monoisotopic (exact) mass is 423 g/mol. The predicted octanol–water partition coefficient (Wildman–Crippen LogP) is 2.72. The lowest BCUT2D eigenvalue weighted by Gasteiger charge is -2.17. The lowest BCUT2D eigenvalue weighted by molar-refractivity contribution is 0.476. The van der Waals surface area contributed by atoms with Gasteiger partial charge in [0.05, 0.1) is 29.0 Å². The number of benzene rings is 1. The van der Waals surface area contributed by atoms with Gasteiger partial charge in [0, 0.05) is 14.1 Å². The summed E-state index contributed by atoms with van der Waals surface area (Å²) in [5.74, 6) is 1.81. The number of hydrogen-bond donors (Lipinski definition) is 1. The number of rotatable bonds is 6. The Labute approximate surface area is 177 Å². The molecule has 0 aliphatic carbocycles. The number of furan rings is 1. The fourth-order valence-electron chi connectivity index (χ4n) is 2.93. The standard InChI is InChI=1S/C20H21N7O2S/c1-12(16-23-18(21)25-19(24-16)26(2)3)30-20-22-15-9-5-4-8-14(15)17(28)27(20)11-13-7-6-10-29-13/h4-10,12H,11H2,1-3H3,(H2,21,23,24,25)/t12-/m1/s1. The van der Waals surface area contributed by atoms with Gasteiger partial charge >= 0.3 is 0 Å². The molecule has 10 heteroatoms. The van der Waals surface area contributed by atoms with Crippen molar-refractivity contribution in [2.45, 2.75) is 23.9 Å². The molecule has 0 bridgehead atoms. The zero-order chi connectivity index (χ0) is 21.3. The lowest BCUT2D eigenvalue weighted by Crippen LogP contribution is -2.24. The number of anilines is 2. The zero-order valence-corrected chi connectivity index (χ0v) is 17.6. The van der Waals surface area contributed by atoms with E-state index in [0.717, 1.165) is 0 Å². The Morgan fingerprint density at radius 2 is 1.93 bits per heavy atom. The number of nitrogen functional groups attached to an aromatic ring is 1. The molecule has 0 spiro atoms. The minimum atomic E-state index is -0.218. The molecule has 9 nitrogen and oxygen atoms in total. The van der Waals surface area contributed by atoms with Crippen LogP contribution in [0.5, 0.6) is 0 Å². The van der Waals surface area contributed by atoms with Crippen molar-refractivity contribution in [1.29, 1.82) is 0 Å². The molecule has 1 aromatic carbocycles. The second-order valence-electron chi connectivity index (χ2n) is 6.89. The van der Waals surface area contributed by atoms with Gasteiger partial charge in [0.25, 0.3) is 5.56 Å². The number of fused-ring (bicyclic) bond motifs is 1. The zero-order valence-electron chi connectivity index (χ0n) is 16.8. The van der Waals surface area contributed by atoms with Crippen LogP contribution < -0.4 is 16.2 Å². The van der Waals surface area contributed by atoms with Gasteiger partial charge in [0.2, 0.25) is 11.9 Å². The van der Waals surface area contributed by atoms with E-state index in [1.165, 1.54) is 11.8 Å². The molecule has 0 fully saturated rings. The molecule has 0 radical (unpaired) electrons. The van der Waals surface area contributed by atoms with Crippen molar-refractivity contribution in [3.63, 3.8) is 0 Å². The molecule has 154 valence electrons. The molecule has 0 unspecified atom stereocenters. The van der Waals surface area contributed by atoms with Crippen molar-refractivity contribution in [2.75, 3.05) is 24.7 Å². The van der Waals surface area contributed by atoms with Gasteiger partial charge in [0.1, 0.15) is 11.6 Å². The first kappa shape index (κ1) is 19.9. The average Bonchev–Trinajstić information content (AvgIpc) is 3.23. The quantitative estimate of drug-likeness (QED) is 0.369. The Morgan fingerprint density at radius 3 is 2.67 bits per heavy atom. The molecule has 3 aromatic heterocycles. The largest absolute Gasteiger partial charge is 0.467 e. The Hall–Kier alpha value is -3.40. The third kappa shape index (κ3) is 3.99. The van der Waals surface area contributed by atoms with E-state index in [9.17, 15) is 4.79 Å². The maximum atomic E-state index is 13.2. The fraction of sp³-hybridized carbons (Fsp3) is 0.250. The SMILES string of the molecule is C[C@@H](Sc1nc2ccccc2c(=O)n1Cc1ccco1)c1nc(N)nc(N(C)C)n1. The van der Waals surface area contributed by atoms with Crippen molar-refractivity contribution in [3.8, 4) is 0 Å². The van der Waals surface area contributed by atoms with E-state index >= 15 is 0 Å². The van der Waals surface area contributed by atoms with Gasteiger partial charge in [-0.2, -0.15) is 15.0 Å². The van der Waals surface area contributed by atoms with E-state index in [-0.39, 0.29) is 23.3 Å². The predicted molar refractivity (Wildman–Crippen MR) is 117 cm³/mol.